The van der Waals surface area contributed by atoms with E-state index in [1.54, 1.807) is 6.07 Å². The van der Waals surface area contributed by atoms with Crippen LogP contribution in [0.15, 0.2) is 18.2 Å². The lowest BCUT2D eigenvalue weighted by Crippen LogP contribution is -2.29. The van der Waals surface area contributed by atoms with Crippen molar-refractivity contribution in [1.82, 2.24) is 5.32 Å². The summed E-state index contributed by atoms with van der Waals surface area (Å²) >= 11 is 0. The Bertz CT molecular complexity index is 399. The molecule has 18 heavy (non-hydrogen) atoms. The highest BCUT2D eigenvalue weighted by molar-refractivity contribution is 5.19. The molecule has 1 aliphatic rings. The van der Waals surface area contributed by atoms with Gasteiger partial charge in [0.25, 0.3) is 0 Å². The lowest BCUT2D eigenvalue weighted by Gasteiger charge is -2.21. The summed E-state index contributed by atoms with van der Waals surface area (Å²) in [5.74, 6) is -0.0493. The summed E-state index contributed by atoms with van der Waals surface area (Å²) in [5.41, 5.74) is 0.618. The fourth-order valence-electron chi connectivity index (χ4n) is 2.12. The molecule has 0 aromatic heterocycles. The summed E-state index contributed by atoms with van der Waals surface area (Å²) in [6, 6.07) is 4.55. The van der Waals surface area contributed by atoms with E-state index in [1.165, 1.54) is 18.9 Å². The molecular formula is C15H21F2N. The standard InChI is InChI=1S/C15H21F2N/c1-10(2)12(9-18-14-5-6-14)7-11-3-4-13(16)8-15(11)17/h3-4,8,10,12,14,18H,5-7,9H2,1-2H3. The zero-order chi connectivity index (χ0) is 13.1. The van der Waals surface area contributed by atoms with Crippen LogP contribution >= 0.6 is 0 Å². The minimum Gasteiger partial charge on any atom is -0.314 e. The van der Waals surface area contributed by atoms with Gasteiger partial charge >= 0.3 is 0 Å². The zero-order valence-corrected chi connectivity index (χ0v) is 11.0. The molecule has 0 radical (unpaired) electrons. The van der Waals surface area contributed by atoms with Gasteiger partial charge in [0.1, 0.15) is 11.6 Å². The number of benzene rings is 1. The first-order valence-corrected chi connectivity index (χ1v) is 6.73. The molecule has 1 saturated carbocycles. The van der Waals surface area contributed by atoms with Crippen LogP contribution in [0.1, 0.15) is 32.3 Å². The molecule has 1 aromatic carbocycles. The van der Waals surface area contributed by atoms with Crippen molar-refractivity contribution in [2.24, 2.45) is 11.8 Å². The molecule has 1 atom stereocenters. The highest BCUT2D eigenvalue weighted by atomic mass is 19.1. The van der Waals surface area contributed by atoms with Crippen molar-refractivity contribution >= 4 is 0 Å². The molecule has 0 bridgehead atoms. The Hall–Kier alpha value is -0.960. The third-order valence-corrected chi connectivity index (χ3v) is 3.69. The monoisotopic (exact) mass is 253 g/mol. The van der Waals surface area contributed by atoms with Gasteiger partial charge in [0.05, 0.1) is 0 Å². The number of hydrogen-bond acceptors (Lipinski definition) is 1. The van der Waals surface area contributed by atoms with Gasteiger partial charge < -0.3 is 5.32 Å². The molecule has 1 nitrogen and oxygen atoms in total. The molecule has 0 spiro atoms. The summed E-state index contributed by atoms with van der Waals surface area (Å²) < 4.78 is 26.5. The van der Waals surface area contributed by atoms with E-state index in [4.69, 9.17) is 0 Å². The molecule has 2 rings (SSSR count). The first-order chi connectivity index (χ1) is 8.56. The molecule has 1 fully saturated rings. The van der Waals surface area contributed by atoms with E-state index >= 15 is 0 Å². The number of halogens is 2. The quantitative estimate of drug-likeness (QED) is 0.817. The van der Waals surface area contributed by atoms with E-state index < -0.39 is 11.6 Å². The van der Waals surface area contributed by atoms with Crippen LogP contribution in [0.25, 0.3) is 0 Å². The maximum absolute atomic E-state index is 13.6. The summed E-state index contributed by atoms with van der Waals surface area (Å²) in [4.78, 5) is 0. The summed E-state index contributed by atoms with van der Waals surface area (Å²) in [6.45, 7) is 5.22. The van der Waals surface area contributed by atoms with Crippen molar-refractivity contribution in [3.63, 3.8) is 0 Å². The second-order valence-corrected chi connectivity index (χ2v) is 5.63. The maximum Gasteiger partial charge on any atom is 0.129 e. The Morgan fingerprint density at radius 2 is 2.00 bits per heavy atom. The van der Waals surface area contributed by atoms with Gasteiger partial charge in [-0.15, -0.1) is 0 Å². The molecule has 0 heterocycles. The van der Waals surface area contributed by atoms with Crippen LogP contribution in [0.3, 0.4) is 0 Å². The van der Waals surface area contributed by atoms with Crippen LogP contribution < -0.4 is 5.32 Å². The highest BCUT2D eigenvalue weighted by Gasteiger charge is 2.23. The predicted molar refractivity (Wildman–Crippen MR) is 69.4 cm³/mol. The van der Waals surface area contributed by atoms with Crippen LogP contribution in [-0.2, 0) is 6.42 Å². The molecule has 1 aliphatic carbocycles. The van der Waals surface area contributed by atoms with Gasteiger partial charge in [-0.1, -0.05) is 19.9 Å². The molecule has 0 amide bonds. The van der Waals surface area contributed by atoms with Crippen LogP contribution in [0.2, 0.25) is 0 Å². The summed E-state index contributed by atoms with van der Waals surface area (Å²) in [7, 11) is 0. The fraction of sp³-hybridized carbons (Fsp3) is 0.600. The molecular weight excluding hydrogens is 232 g/mol. The van der Waals surface area contributed by atoms with Crippen LogP contribution in [0, 0.1) is 23.5 Å². The van der Waals surface area contributed by atoms with E-state index in [0.717, 1.165) is 12.6 Å². The average molecular weight is 253 g/mol. The van der Waals surface area contributed by atoms with Gasteiger partial charge in [0.15, 0.2) is 0 Å². The Morgan fingerprint density at radius 3 is 2.56 bits per heavy atom. The number of nitrogens with one attached hydrogen (secondary N) is 1. The molecule has 100 valence electrons. The minimum atomic E-state index is -0.506. The largest absolute Gasteiger partial charge is 0.314 e. The van der Waals surface area contributed by atoms with Gasteiger partial charge in [0.2, 0.25) is 0 Å². The third kappa shape index (κ3) is 3.77. The third-order valence-electron chi connectivity index (χ3n) is 3.69. The SMILES string of the molecule is CC(C)C(CNC1CC1)Cc1ccc(F)cc1F. The Labute approximate surface area is 108 Å². The van der Waals surface area contributed by atoms with Crippen molar-refractivity contribution in [3.8, 4) is 0 Å². The van der Waals surface area contributed by atoms with Gasteiger partial charge in [-0.25, -0.2) is 8.78 Å². The predicted octanol–water partition coefficient (Wildman–Crippen LogP) is 3.53. The molecule has 0 saturated heterocycles. The zero-order valence-electron chi connectivity index (χ0n) is 11.0. The smallest absolute Gasteiger partial charge is 0.129 e. The Balaban J connectivity index is 1.97. The lowest BCUT2D eigenvalue weighted by atomic mass is 9.89. The van der Waals surface area contributed by atoms with E-state index in [0.29, 0.717) is 29.9 Å². The molecule has 1 N–H and O–H groups in total. The second-order valence-electron chi connectivity index (χ2n) is 5.63. The van der Waals surface area contributed by atoms with E-state index in [1.807, 2.05) is 0 Å². The second kappa shape index (κ2) is 5.79. The van der Waals surface area contributed by atoms with Crippen LogP contribution in [0.5, 0.6) is 0 Å². The van der Waals surface area contributed by atoms with Crippen molar-refractivity contribution in [2.45, 2.75) is 39.2 Å². The molecule has 1 unspecified atom stereocenters. The van der Waals surface area contributed by atoms with Crippen molar-refractivity contribution < 1.29 is 8.78 Å². The van der Waals surface area contributed by atoms with Crippen molar-refractivity contribution in [1.29, 1.82) is 0 Å². The number of hydrogen-bond donors (Lipinski definition) is 1. The van der Waals surface area contributed by atoms with E-state index in [-0.39, 0.29) is 0 Å². The van der Waals surface area contributed by atoms with Crippen LogP contribution in [0.4, 0.5) is 8.78 Å². The highest BCUT2D eigenvalue weighted by Crippen LogP contribution is 2.23. The van der Waals surface area contributed by atoms with Gasteiger partial charge in [-0.2, -0.15) is 0 Å². The molecule has 1 aromatic rings. The molecule has 0 aliphatic heterocycles. The van der Waals surface area contributed by atoms with Crippen molar-refractivity contribution in [3.05, 3.63) is 35.4 Å². The Kier molecular flexibility index (Phi) is 4.33. The maximum atomic E-state index is 13.6. The average Bonchev–Trinajstić information content (AvgIpc) is 3.10. The normalized spacial score (nSPS) is 17.2. The van der Waals surface area contributed by atoms with E-state index in [2.05, 4.69) is 19.2 Å². The molecule has 3 heteroatoms. The van der Waals surface area contributed by atoms with Gasteiger partial charge in [-0.05, 0) is 49.3 Å². The van der Waals surface area contributed by atoms with Gasteiger partial charge in [-0.3, -0.25) is 0 Å². The first kappa shape index (κ1) is 13.5. The summed E-state index contributed by atoms with van der Waals surface area (Å²) in [5, 5.41) is 3.49. The first-order valence-electron chi connectivity index (χ1n) is 6.73. The summed E-state index contributed by atoms with van der Waals surface area (Å²) in [6.07, 6.45) is 3.19. The number of rotatable bonds is 6. The minimum absolute atomic E-state index is 0.394. The Morgan fingerprint density at radius 1 is 1.28 bits per heavy atom. The van der Waals surface area contributed by atoms with Crippen LogP contribution in [-0.4, -0.2) is 12.6 Å². The lowest BCUT2D eigenvalue weighted by molar-refractivity contribution is 0.355. The topological polar surface area (TPSA) is 12.0 Å². The van der Waals surface area contributed by atoms with Crippen molar-refractivity contribution in [2.75, 3.05) is 6.54 Å². The fourth-order valence-corrected chi connectivity index (χ4v) is 2.12. The van der Waals surface area contributed by atoms with E-state index in [9.17, 15) is 8.78 Å². The van der Waals surface area contributed by atoms with Gasteiger partial charge in [0, 0.05) is 12.1 Å².